The molecule has 1 aliphatic heterocycles. The molecule has 0 bridgehead atoms. The Labute approximate surface area is 99.2 Å². The maximum absolute atomic E-state index is 7.90. The normalized spacial score (nSPS) is 33.9. The molecule has 0 aromatic heterocycles. The van der Waals surface area contributed by atoms with Crippen molar-refractivity contribution in [1.29, 1.82) is 5.41 Å². The third-order valence-electron chi connectivity index (χ3n) is 4.76. The van der Waals surface area contributed by atoms with Crippen LogP contribution in [0.5, 0.6) is 0 Å². The van der Waals surface area contributed by atoms with E-state index in [1.165, 1.54) is 32.1 Å². The maximum atomic E-state index is 7.90. The van der Waals surface area contributed by atoms with Crippen molar-refractivity contribution in [3.63, 3.8) is 0 Å². The Morgan fingerprint density at radius 1 is 1.38 bits per heavy atom. The van der Waals surface area contributed by atoms with Gasteiger partial charge < -0.3 is 4.90 Å². The molecular formula is C14H24N2. The molecule has 1 saturated heterocycles. The van der Waals surface area contributed by atoms with Crippen LogP contribution in [0.15, 0.2) is 12.7 Å². The molecule has 2 nitrogen and oxygen atoms in total. The minimum absolute atomic E-state index is 0.344. The van der Waals surface area contributed by atoms with Crippen molar-refractivity contribution in [2.45, 2.75) is 51.5 Å². The van der Waals surface area contributed by atoms with Crippen LogP contribution in [0.3, 0.4) is 0 Å². The molecule has 0 radical (unpaired) electrons. The van der Waals surface area contributed by atoms with E-state index in [1.54, 1.807) is 6.08 Å². The lowest BCUT2D eigenvalue weighted by molar-refractivity contribution is 0.000401. The van der Waals surface area contributed by atoms with Crippen molar-refractivity contribution in [3.05, 3.63) is 12.7 Å². The van der Waals surface area contributed by atoms with Crippen molar-refractivity contribution in [2.24, 2.45) is 11.8 Å². The highest BCUT2D eigenvalue weighted by Gasteiger charge is 2.47. The largest absolute Gasteiger partial charge is 0.351 e. The molecule has 1 aliphatic carbocycles. The predicted molar refractivity (Wildman–Crippen MR) is 68.8 cm³/mol. The van der Waals surface area contributed by atoms with Crippen LogP contribution >= 0.6 is 0 Å². The van der Waals surface area contributed by atoms with E-state index in [9.17, 15) is 0 Å². The summed E-state index contributed by atoms with van der Waals surface area (Å²) in [6, 6.07) is 0. The first-order chi connectivity index (χ1) is 7.59. The Bertz CT molecular complexity index is 285. The molecule has 1 heterocycles. The summed E-state index contributed by atoms with van der Waals surface area (Å²) < 4.78 is 0. The summed E-state index contributed by atoms with van der Waals surface area (Å²) in [6.07, 6.45) is 8.23. The number of amidine groups is 1. The van der Waals surface area contributed by atoms with Gasteiger partial charge in [0, 0.05) is 12.1 Å². The summed E-state index contributed by atoms with van der Waals surface area (Å²) in [6.45, 7) is 9.47. The highest BCUT2D eigenvalue weighted by atomic mass is 15.3. The number of hydrogen-bond acceptors (Lipinski definition) is 1. The lowest BCUT2D eigenvalue weighted by Crippen LogP contribution is -2.62. The second-order valence-electron chi connectivity index (χ2n) is 5.80. The molecule has 16 heavy (non-hydrogen) atoms. The third-order valence-corrected chi connectivity index (χ3v) is 4.76. The average Bonchev–Trinajstić information content (AvgIpc) is 2.27. The van der Waals surface area contributed by atoms with Crippen molar-refractivity contribution in [2.75, 3.05) is 6.54 Å². The summed E-state index contributed by atoms with van der Waals surface area (Å²) >= 11 is 0. The number of nitrogens with one attached hydrogen (secondary N) is 1. The van der Waals surface area contributed by atoms with E-state index in [-0.39, 0.29) is 0 Å². The summed E-state index contributed by atoms with van der Waals surface area (Å²) in [5, 5.41) is 7.90. The standard InChI is InChI=1S/C14H24N2/c1-4-13(15)16-10-9-14(16)7-5-12(6-8-14)11(2)3/h4,11-12,15H,1,5-10H2,2-3H3. The molecule has 0 amide bonds. The number of nitrogens with zero attached hydrogens (tertiary/aromatic N) is 1. The summed E-state index contributed by atoms with van der Waals surface area (Å²) in [7, 11) is 0. The van der Waals surface area contributed by atoms with E-state index in [2.05, 4.69) is 25.3 Å². The maximum Gasteiger partial charge on any atom is 0.120 e. The molecule has 2 heteroatoms. The van der Waals surface area contributed by atoms with E-state index in [4.69, 9.17) is 5.41 Å². The molecule has 90 valence electrons. The van der Waals surface area contributed by atoms with Crippen LogP contribution in [0.2, 0.25) is 0 Å². The van der Waals surface area contributed by atoms with Crippen LogP contribution in [0, 0.1) is 17.2 Å². The summed E-state index contributed by atoms with van der Waals surface area (Å²) in [5.41, 5.74) is 0.344. The highest BCUT2D eigenvalue weighted by molar-refractivity contribution is 5.91. The molecule has 1 N–H and O–H groups in total. The first-order valence-electron chi connectivity index (χ1n) is 6.58. The number of rotatable bonds is 2. The van der Waals surface area contributed by atoms with E-state index >= 15 is 0 Å². The topological polar surface area (TPSA) is 27.1 Å². The van der Waals surface area contributed by atoms with E-state index < -0.39 is 0 Å². The van der Waals surface area contributed by atoms with Crippen LogP contribution in [0.1, 0.15) is 46.0 Å². The molecule has 2 aliphatic rings. The van der Waals surface area contributed by atoms with Gasteiger partial charge in [0.1, 0.15) is 5.84 Å². The van der Waals surface area contributed by atoms with Gasteiger partial charge in [-0.05, 0) is 50.0 Å². The Hall–Kier alpha value is -0.790. The van der Waals surface area contributed by atoms with Gasteiger partial charge in [0.2, 0.25) is 0 Å². The molecule has 1 spiro atoms. The van der Waals surface area contributed by atoms with E-state index in [0.29, 0.717) is 11.4 Å². The molecule has 2 fully saturated rings. The van der Waals surface area contributed by atoms with Gasteiger partial charge in [-0.2, -0.15) is 0 Å². The molecular weight excluding hydrogens is 196 g/mol. The number of hydrogen-bond donors (Lipinski definition) is 1. The van der Waals surface area contributed by atoms with Crippen molar-refractivity contribution in [1.82, 2.24) is 4.90 Å². The fourth-order valence-corrected chi connectivity index (χ4v) is 3.39. The van der Waals surface area contributed by atoms with Crippen LogP contribution in [0.25, 0.3) is 0 Å². The molecule has 1 saturated carbocycles. The van der Waals surface area contributed by atoms with E-state index in [1.807, 2.05) is 0 Å². The van der Waals surface area contributed by atoms with Crippen molar-refractivity contribution in [3.8, 4) is 0 Å². The van der Waals surface area contributed by atoms with Crippen LogP contribution in [0.4, 0.5) is 0 Å². The minimum atomic E-state index is 0.344. The van der Waals surface area contributed by atoms with Gasteiger partial charge in [-0.25, -0.2) is 0 Å². The van der Waals surface area contributed by atoms with Gasteiger partial charge in [0.25, 0.3) is 0 Å². The Morgan fingerprint density at radius 3 is 2.38 bits per heavy atom. The van der Waals surface area contributed by atoms with Gasteiger partial charge in [0.05, 0.1) is 0 Å². The summed E-state index contributed by atoms with van der Waals surface area (Å²) in [5.74, 6) is 2.37. The minimum Gasteiger partial charge on any atom is -0.351 e. The molecule has 0 unspecified atom stereocenters. The average molecular weight is 220 g/mol. The third kappa shape index (κ3) is 1.79. The van der Waals surface area contributed by atoms with Gasteiger partial charge in [-0.3, -0.25) is 5.41 Å². The zero-order valence-electron chi connectivity index (χ0n) is 10.6. The predicted octanol–water partition coefficient (Wildman–Crippen LogP) is 3.44. The second kappa shape index (κ2) is 4.23. The zero-order valence-corrected chi connectivity index (χ0v) is 10.6. The summed E-state index contributed by atoms with van der Waals surface area (Å²) in [4.78, 5) is 2.27. The Morgan fingerprint density at radius 2 is 2.00 bits per heavy atom. The van der Waals surface area contributed by atoms with Crippen molar-refractivity contribution < 1.29 is 0 Å². The SMILES string of the molecule is C=CC(=N)N1CCC12CCC(C(C)C)CC2. The molecule has 0 aromatic rings. The first-order valence-corrected chi connectivity index (χ1v) is 6.58. The van der Waals surface area contributed by atoms with Crippen LogP contribution in [-0.2, 0) is 0 Å². The van der Waals surface area contributed by atoms with Gasteiger partial charge in [0.15, 0.2) is 0 Å². The van der Waals surface area contributed by atoms with E-state index in [0.717, 1.165) is 18.4 Å². The van der Waals surface area contributed by atoms with Crippen LogP contribution < -0.4 is 0 Å². The Kier molecular flexibility index (Phi) is 3.09. The first kappa shape index (κ1) is 11.7. The Balaban J connectivity index is 1.97. The quantitative estimate of drug-likeness (QED) is 0.560. The van der Waals surface area contributed by atoms with Gasteiger partial charge >= 0.3 is 0 Å². The molecule has 0 atom stereocenters. The smallest absolute Gasteiger partial charge is 0.120 e. The lowest BCUT2D eigenvalue weighted by atomic mass is 9.67. The van der Waals surface area contributed by atoms with Crippen LogP contribution in [-0.4, -0.2) is 22.8 Å². The lowest BCUT2D eigenvalue weighted by Gasteiger charge is -2.57. The fourth-order valence-electron chi connectivity index (χ4n) is 3.39. The van der Waals surface area contributed by atoms with Gasteiger partial charge in [-0.15, -0.1) is 0 Å². The fraction of sp³-hybridized carbons (Fsp3) is 0.786. The van der Waals surface area contributed by atoms with Gasteiger partial charge in [-0.1, -0.05) is 20.4 Å². The van der Waals surface area contributed by atoms with Crippen molar-refractivity contribution >= 4 is 5.84 Å². The number of likely N-dealkylation sites (tertiary alicyclic amines) is 1. The zero-order chi connectivity index (χ0) is 11.8. The monoisotopic (exact) mass is 220 g/mol. The second-order valence-corrected chi connectivity index (χ2v) is 5.80. The molecule has 0 aromatic carbocycles. The molecule has 2 rings (SSSR count). The highest BCUT2D eigenvalue weighted by Crippen LogP contribution is 2.46.